The Morgan fingerprint density at radius 3 is 1.71 bits per heavy atom. The summed E-state index contributed by atoms with van der Waals surface area (Å²) in [5.41, 5.74) is -0.120. The molecule has 34 heavy (non-hydrogen) atoms. The van der Waals surface area contributed by atoms with E-state index in [-0.39, 0.29) is 16.4 Å². The summed E-state index contributed by atoms with van der Waals surface area (Å²) in [6, 6.07) is 17.6. The van der Waals surface area contributed by atoms with Crippen molar-refractivity contribution in [2.24, 2.45) is 4.99 Å². The SMILES string of the molecule is CCC(C)(C[S+]1c2ccccc2Sc2ccccc21)N=C(C)OC.[O-][Cl+3]([O-])([O-])O.[O-][Cl+3]([O-])([O-])[O-]. The second-order valence-electron chi connectivity index (χ2n) is 6.99. The summed E-state index contributed by atoms with van der Waals surface area (Å²) in [4.78, 5) is 10.5. The monoisotopic (exact) mass is 557 g/mol. The highest BCUT2D eigenvalue weighted by molar-refractivity contribution is 8.04. The minimum Gasteiger partial charge on any atom is -0.484 e. The van der Waals surface area contributed by atoms with Gasteiger partial charge in [-0.15, -0.1) is 10.2 Å². The Morgan fingerprint density at radius 1 is 0.971 bits per heavy atom. The van der Waals surface area contributed by atoms with Crippen LogP contribution in [0.15, 0.2) is 73.1 Å². The molecule has 0 saturated carbocycles. The van der Waals surface area contributed by atoms with E-state index < -0.39 is 20.5 Å². The number of methoxy groups -OCH3 is 1. The van der Waals surface area contributed by atoms with Gasteiger partial charge in [-0.25, -0.2) is 23.6 Å². The maximum atomic E-state index is 8.60. The predicted molar refractivity (Wildman–Crippen MR) is 107 cm³/mol. The van der Waals surface area contributed by atoms with E-state index in [4.69, 9.17) is 47.0 Å². The number of aliphatic imine (C=N–C) groups is 1. The molecule has 0 spiro atoms. The third-order valence-corrected chi connectivity index (χ3v) is 8.48. The van der Waals surface area contributed by atoms with Crippen LogP contribution in [0.1, 0.15) is 27.2 Å². The van der Waals surface area contributed by atoms with E-state index in [9.17, 15) is 0 Å². The minimum absolute atomic E-state index is 0.0343. The smallest absolute Gasteiger partial charge is 0.180 e. The van der Waals surface area contributed by atoms with Crippen LogP contribution < -0.4 is 32.6 Å². The third kappa shape index (κ3) is 12.0. The van der Waals surface area contributed by atoms with Gasteiger partial charge in [-0.3, -0.25) is 0 Å². The van der Waals surface area contributed by atoms with Crippen molar-refractivity contribution in [2.75, 3.05) is 12.9 Å². The maximum absolute atomic E-state index is 8.60. The van der Waals surface area contributed by atoms with Crippen LogP contribution in [0.5, 0.6) is 0 Å². The van der Waals surface area contributed by atoms with Gasteiger partial charge < -0.3 is 4.74 Å². The Labute approximate surface area is 209 Å². The number of halogens is 2. The molecule has 0 fully saturated rings. The molecule has 1 aliphatic rings. The number of benzene rings is 2. The lowest BCUT2D eigenvalue weighted by Gasteiger charge is -2.26. The Kier molecular flexibility index (Phi) is 12.0. The first-order valence-corrected chi connectivity index (χ1v) is 14.2. The normalized spacial score (nSPS) is 15.5. The second-order valence-corrected chi connectivity index (χ2v) is 11.6. The highest BCUT2D eigenvalue weighted by Gasteiger charge is 2.41. The Balaban J connectivity index is 0.000000489. The molecule has 3 rings (SSSR count). The fourth-order valence-electron chi connectivity index (χ4n) is 2.82. The molecule has 0 radical (unpaired) electrons. The lowest BCUT2D eigenvalue weighted by molar-refractivity contribution is -2.00. The van der Waals surface area contributed by atoms with E-state index in [0.29, 0.717) is 0 Å². The summed E-state index contributed by atoms with van der Waals surface area (Å²) >= 11 is 1.88. The highest BCUT2D eigenvalue weighted by Crippen LogP contribution is 2.46. The average Bonchev–Trinajstić information content (AvgIpc) is 2.71. The van der Waals surface area contributed by atoms with E-state index in [2.05, 4.69) is 62.4 Å². The van der Waals surface area contributed by atoms with Crippen molar-refractivity contribution in [3.05, 3.63) is 48.5 Å². The lowest BCUT2D eigenvalue weighted by atomic mass is 10.0. The topological polar surface area (TPSA) is 203 Å². The molecule has 1 unspecified atom stereocenters. The van der Waals surface area contributed by atoms with Crippen LogP contribution >= 0.6 is 11.8 Å². The van der Waals surface area contributed by atoms with Crippen LogP contribution in [-0.4, -0.2) is 29.0 Å². The third-order valence-electron chi connectivity index (χ3n) is 4.39. The van der Waals surface area contributed by atoms with Gasteiger partial charge in [0, 0.05) is 6.92 Å². The molecular weight excluding hydrogens is 533 g/mol. The summed E-state index contributed by atoms with van der Waals surface area (Å²) in [5, 5.41) is 0. The number of hydrogen-bond donors (Lipinski definition) is 1. The van der Waals surface area contributed by atoms with Crippen LogP contribution in [-0.2, 0) is 15.6 Å². The predicted octanol–water partition coefficient (Wildman–Crippen LogP) is -3.46. The van der Waals surface area contributed by atoms with Crippen LogP contribution in [0.25, 0.3) is 0 Å². The van der Waals surface area contributed by atoms with Gasteiger partial charge >= 0.3 is 0 Å². The fraction of sp³-hybridized carbons (Fsp3) is 0.350. The summed E-state index contributed by atoms with van der Waals surface area (Å²) in [6.45, 7) is 6.40. The van der Waals surface area contributed by atoms with Crippen LogP contribution in [0, 0.1) is 20.5 Å². The van der Waals surface area contributed by atoms with Crippen molar-refractivity contribution in [3.63, 3.8) is 0 Å². The molecule has 1 atom stereocenters. The summed E-state index contributed by atoms with van der Waals surface area (Å²) in [7, 11) is -7.91. The molecule has 1 N–H and O–H groups in total. The standard InChI is InChI=1S/C20H24NOS2.2ClHO4/c1-5-20(3,21-15(2)22-4)14-24-18-12-8-6-10-16(18)23-17-11-7-9-13-19(17)24;2*2-1(3,4)5/h6-13H,5,14H2,1-4H3;2*(H,2,3,4,5)/q+1;;/p-1. The number of hydrogen-bond acceptors (Lipinski definition) is 11. The highest BCUT2D eigenvalue weighted by atomic mass is 35.7. The van der Waals surface area contributed by atoms with Crippen LogP contribution in [0.4, 0.5) is 0 Å². The zero-order chi connectivity index (χ0) is 26.2. The summed E-state index contributed by atoms with van der Waals surface area (Å²) in [5.74, 6) is 1.77. The molecule has 0 bridgehead atoms. The minimum atomic E-state index is -4.94. The molecule has 2 aromatic carbocycles. The van der Waals surface area contributed by atoms with Crippen molar-refractivity contribution < 1.29 is 62.5 Å². The van der Waals surface area contributed by atoms with Crippen molar-refractivity contribution in [3.8, 4) is 0 Å². The zero-order valence-corrected chi connectivity index (χ0v) is 21.9. The molecule has 190 valence electrons. The molecular formula is C20H25Cl2NO9S2. The Bertz CT molecular complexity index is 885. The maximum Gasteiger partial charge on any atom is 0.180 e. The van der Waals surface area contributed by atoms with Gasteiger partial charge in [0.2, 0.25) is 0 Å². The molecule has 1 heterocycles. The molecule has 0 saturated heterocycles. The molecule has 0 amide bonds. The van der Waals surface area contributed by atoms with Crippen molar-refractivity contribution in [1.29, 1.82) is 0 Å². The first kappa shape index (κ1) is 30.9. The molecule has 0 aliphatic carbocycles. The molecule has 14 heteroatoms. The Hall–Kier alpha value is -1.13. The number of ether oxygens (including phenoxy) is 1. The molecule has 0 aromatic heterocycles. The summed E-state index contributed by atoms with van der Waals surface area (Å²) < 4.78 is 72.0. The zero-order valence-electron chi connectivity index (χ0n) is 18.8. The van der Waals surface area contributed by atoms with Gasteiger partial charge in [0.05, 0.1) is 42.7 Å². The fourth-order valence-corrected chi connectivity index (χ4v) is 7.09. The largest absolute Gasteiger partial charge is 0.484 e. The molecule has 10 nitrogen and oxygen atoms in total. The van der Waals surface area contributed by atoms with E-state index in [0.717, 1.165) is 18.1 Å². The first-order valence-electron chi connectivity index (χ1n) is 9.48. The molecule has 1 aliphatic heterocycles. The van der Waals surface area contributed by atoms with Gasteiger partial charge in [-0.05, 0) is 37.6 Å². The van der Waals surface area contributed by atoms with Crippen molar-refractivity contribution in [1.82, 2.24) is 0 Å². The van der Waals surface area contributed by atoms with E-state index in [1.54, 1.807) is 7.11 Å². The first-order chi connectivity index (χ1) is 15.6. The van der Waals surface area contributed by atoms with Gasteiger partial charge in [0.1, 0.15) is 11.3 Å². The van der Waals surface area contributed by atoms with Gasteiger partial charge in [-0.1, -0.05) is 43.0 Å². The summed E-state index contributed by atoms with van der Waals surface area (Å²) in [6.07, 6.45) is 0.995. The second kappa shape index (κ2) is 13.3. The quantitative estimate of drug-likeness (QED) is 0.223. The van der Waals surface area contributed by atoms with Gasteiger partial charge in [-0.2, -0.15) is 14.0 Å². The molecule has 2 aromatic rings. The van der Waals surface area contributed by atoms with Crippen LogP contribution in [0.2, 0.25) is 0 Å². The van der Waals surface area contributed by atoms with Gasteiger partial charge in [0.25, 0.3) is 0 Å². The number of fused-ring (bicyclic) bond motifs is 2. The Morgan fingerprint density at radius 2 is 1.35 bits per heavy atom. The lowest BCUT2D eigenvalue weighted by Crippen LogP contribution is -2.68. The van der Waals surface area contributed by atoms with Crippen molar-refractivity contribution in [2.45, 2.75) is 52.3 Å². The number of rotatable bonds is 4. The van der Waals surface area contributed by atoms with E-state index in [1.807, 2.05) is 18.7 Å². The van der Waals surface area contributed by atoms with E-state index >= 15 is 0 Å². The van der Waals surface area contributed by atoms with Crippen LogP contribution in [0.3, 0.4) is 0 Å². The number of nitrogens with zero attached hydrogens (tertiary/aromatic N) is 1. The average molecular weight is 558 g/mol. The van der Waals surface area contributed by atoms with Crippen molar-refractivity contribution >= 4 is 28.6 Å². The van der Waals surface area contributed by atoms with E-state index in [1.165, 1.54) is 19.6 Å². The van der Waals surface area contributed by atoms with Gasteiger partial charge in [0.15, 0.2) is 15.7 Å².